The van der Waals surface area contributed by atoms with Crippen LogP contribution < -0.4 is 0 Å². The van der Waals surface area contributed by atoms with Gasteiger partial charge >= 0.3 is 0 Å². The second-order valence-corrected chi connectivity index (χ2v) is 4.35. The maximum Gasteiger partial charge on any atom is 0.0630 e. The van der Waals surface area contributed by atoms with Crippen molar-refractivity contribution in [3.05, 3.63) is 0 Å². The molecule has 0 aromatic heterocycles. The molecule has 1 heterocycles. The van der Waals surface area contributed by atoms with Gasteiger partial charge in [0, 0.05) is 5.25 Å². The number of rotatable bonds is 1. The first-order valence-corrected chi connectivity index (χ1v) is 5.15. The number of hydrogen-bond acceptors (Lipinski definition) is 2. The van der Waals surface area contributed by atoms with Crippen LogP contribution >= 0.6 is 11.8 Å². The highest BCUT2D eigenvalue weighted by molar-refractivity contribution is 7.99. The van der Waals surface area contributed by atoms with Crippen LogP contribution in [-0.4, -0.2) is 22.2 Å². The molecule has 0 aromatic rings. The van der Waals surface area contributed by atoms with Crippen LogP contribution in [-0.2, 0) is 0 Å². The first-order chi connectivity index (χ1) is 4.80. The number of thioether (sulfide) groups is 1. The van der Waals surface area contributed by atoms with Gasteiger partial charge in [0.1, 0.15) is 0 Å². The summed E-state index contributed by atoms with van der Waals surface area (Å²) in [5.41, 5.74) is 0. The zero-order valence-electron chi connectivity index (χ0n) is 6.55. The van der Waals surface area contributed by atoms with Crippen LogP contribution in [0.4, 0.5) is 0 Å². The summed E-state index contributed by atoms with van der Waals surface area (Å²) < 4.78 is 0. The molecular weight excluding hydrogens is 144 g/mol. The van der Waals surface area contributed by atoms with Gasteiger partial charge in [0.05, 0.1) is 6.10 Å². The second-order valence-electron chi connectivity index (χ2n) is 3.00. The molecule has 1 nitrogen and oxygen atoms in total. The van der Waals surface area contributed by atoms with Gasteiger partial charge in [-0.25, -0.2) is 0 Å². The van der Waals surface area contributed by atoms with Crippen LogP contribution in [0.2, 0.25) is 0 Å². The number of hydrogen-bond donors (Lipinski definition) is 1. The molecule has 60 valence electrons. The van der Waals surface area contributed by atoms with Gasteiger partial charge in [-0.15, -0.1) is 0 Å². The molecule has 1 aliphatic heterocycles. The molecular formula is C8H16OS. The summed E-state index contributed by atoms with van der Waals surface area (Å²) in [6.07, 6.45) is 5.11. The van der Waals surface area contributed by atoms with Crippen LogP contribution in [0.25, 0.3) is 0 Å². The smallest absolute Gasteiger partial charge is 0.0630 e. The minimum Gasteiger partial charge on any atom is -0.392 e. The molecule has 0 saturated carbocycles. The van der Waals surface area contributed by atoms with Crippen molar-refractivity contribution in [3.8, 4) is 0 Å². The Kier molecular flexibility index (Phi) is 3.57. The Morgan fingerprint density at radius 1 is 1.40 bits per heavy atom. The SMILES string of the molecule is CC(O)C1CCCCCS1. The summed E-state index contributed by atoms with van der Waals surface area (Å²) in [6.45, 7) is 1.91. The Morgan fingerprint density at radius 2 is 2.20 bits per heavy atom. The van der Waals surface area contributed by atoms with E-state index in [4.69, 9.17) is 0 Å². The zero-order chi connectivity index (χ0) is 7.40. The van der Waals surface area contributed by atoms with E-state index in [2.05, 4.69) is 0 Å². The van der Waals surface area contributed by atoms with E-state index in [1.165, 1.54) is 31.4 Å². The molecule has 10 heavy (non-hydrogen) atoms. The molecule has 0 bridgehead atoms. The Balaban J connectivity index is 2.28. The normalized spacial score (nSPS) is 31.2. The summed E-state index contributed by atoms with van der Waals surface area (Å²) in [5, 5.41) is 9.80. The molecule has 0 radical (unpaired) electrons. The van der Waals surface area contributed by atoms with Crippen LogP contribution in [0.1, 0.15) is 32.6 Å². The monoisotopic (exact) mass is 160 g/mol. The van der Waals surface area contributed by atoms with Crippen molar-refractivity contribution >= 4 is 11.8 Å². The first kappa shape index (κ1) is 8.41. The summed E-state index contributed by atoms with van der Waals surface area (Å²) in [6, 6.07) is 0. The standard InChI is InChI=1S/C8H16OS/c1-7(9)8-5-3-2-4-6-10-8/h7-9H,2-6H2,1H3. The predicted molar refractivity (Wildman–Crippen MR) is 46.4 cm³/mol. The number of aliphatic hydroxyl groups is 1. The molecule has 1 fully saturated rings. The third-order valence-electron chi connectivity index (χ3n) is 2.00. The quantitative estimate of drug-likeness (QED) is 0.633. The summed E-state index contributed by atoms with van der Waals surface area (Å²) in [5.74, 6) is 1.25. The van der Waals surface area contributed by atoms with Crippen molar-refractivity contribution in [2.75, 3.05) is 5.75 Å². The van der Waals surface area contributed by atoms with Crippen molar-refractivity contribution in [2.24, 2.45) is 0 Å². The van der Waals surface area contributed by atoms with Gasteiger partial charge in [-0.3, -0.25) is 0 Å². The van der Waals surface area contributed by atoms with Gasteiger partial charge in [0.25, 0.3) is 0 Å². The molecule has 1 N–H and O–H groups in total. The van der Waals surface area contributed by atoms with Crippen LogP contribution in [0.15, 0.2) is 0 Å². The lowest BCUT2D eigenvalue weighted by molar-refractivity contribution is 0.187. The van der Waals surface area contributed by atoms with Gasteiger partial charge in [-0.2, -0.15) is 11.8 Å². The molecule has 0 amide bonds. The van der Waals surface area contributed by atoms with E-state index in [1.807, 2.05) is 18.7 Å². The molecule has 2 heteroatoms. The average molecular weight is 160 g/mol. The maximum atomic E-state index is 9.28. The Bertz CT molecular complexity index is 85.3. The van der Waals surface area contributed by atoms with Gasteiger partial charge < -0.3 is 5.11 Å². The van der Waals surface area contributed by atoms with Crippen molar-refractivity contribution in [1.29, 1.82) is 0 Å². The van der Waals surface area contributed by atoms with Gasteiger partial charge in [0.15, 0.2) is 0 Å². The Hall–Kier alpha value is 0.310. The highest BCUT2D eigenvalue weighted by Crippen LogP contribution is 2.26. The molecule has 0 spiro atoms. The van der Waals surface area contributed by atoms with Gasteiger partial charge in [0.2, 0.25) is 0 Å². The first-order valence-electron chi connectivity index (χ1n) is 4.10. The van der Waals surface area contributed by atoms with Crippen molar-refractivity contribution in [2.45, 2.75) is 44.0 Å². The molecule has 2 atom stereocenters. The largest absolute Gasteiger partial charge is 0.392 e. The van der Waals surface area contributed by atoms with E-state index in [1.54, 1.807) is 0 Å². The van der Waals surface area contributed by atoms with Crippen LogP contribution in [0.3, 0.4) is 0 Å². The fraction of sp³-hybridized carbons (Fsp3) is 1.00. The molecule has 0 aromatic carbocycles. The summed E-state index contributed by atoms with van der Waals surface area (Å²) in [7, 11) is 0. The minimum absolute atomic E-state index is 0.108. The highest BCUT2D eigenvalue weighted by Gasteiger charge is 2.16. The predicted octanol–water partition coefficient (Wildman–Crippen LogP) is 2.04. The van der Waals surface area contributed by atoms with Crippen molar-refractivity contribution < 1.29 is 5.11 Å². The van der Waals surface area contributed by atoms with E-state index >= 15 is 0 Å². The van der Waals surface area contributed by atoms with Crippen LogP contribution in [0, 0.1) is 0 Å². The minimum atomic E-state index is -0.108. The highest BCUT2D eigenvalue weighted by atomic mass is 32.2. The topological polar surface area (TPSA) is 20.2 Å². The van der Waals surface area contributed by atoms with Crippen LogP contribution in [0.5, 0.6) is 0 Å². The van der Waals surface area contributed by atoms with Crippen molar-refractivity contribution in [3.63, 3.8) is 0 Å². The van der Waals surface area contributed by atoms with E-state index < -0.39 is 0 Å². The molecule has 0 aliphatic carbocycles. The average Bonchev–Trinajstić information content (AvgIpc) is 2.12. The molecule has 1 aliphatic rings. The van der Waals surface area contributed by atoms with E-state index in [0.29, 0.717) is 5.25 Å². The number of aliphatic hydroxyl groups excluding tert-OH is 1. The van der Waals surface area contributed by atoms with E-state index in [0.717, 1.165) is 0 Å². The van der Waals surface area contributed by atoms with Gasteiger partial charge in [-0.1, -0.05) is 12.8 Å². The second kappa shape index (κ2) is 4.24. The fourth-order valence-corrected chi connectivity index (χ4v) is 2.61. The Labute approximate surface area is 67.2 Å². The zero-order valence-corrected chi connectivity index (χ0v) is 7.36. The molecule has 1 rings (SSSR count). The van der Waals surface area contributed by atoms with Crippen molar-refractivity contribution in [1.82, 2.24) is 0 Å². The lowest BCUT2D eigenvalue weighted by atomic mass is 10.1. The lowest BCUT2D eigenvalue weighted by Crippen LogP contribution is -2.18. The third-order valence-corrected chi connectivity index (χ3v) is 3.59. The molecule has 1 saturated heterocycles. The molecule has 2 unspecified atom stereocenters. The summed E-state index contributed by atoms with van der Waals surface area (Å²) in [4.78, 5) is 0. The lowest BCUT2D eigenvalue weighted by Gasteiger charge is -2.15. The van der Waals surface area contributed by atoms with E-state index in [-0.39, 0.29) is 6.10 Å². The fourth-order valence-electron chi connectivity index (χ4n) is 1.32. The Morgan fingerprint density at radius 3 is 2.90 bits per heavy atom. The van der Waals surface area contributed by atoms with Gasteiger partial charge in [-0.05, 0) is 25.5 Å². The third kappa shape index (κ3) is 2.51. The summed E-state index contributed by atoms with van der Waals surface area (Å²) >= 11 is 1.94. The maximum absolute atomic E-state index is 9.28. The van der Waals surface area contributed by atoms with E-state index in [9.17, 15) is 5.11 Å².